The number of carbonyl (C=O) groups excluding carboxylic acids is 2. The molecule has 0 aliphatic carbocycles. The molecule has 2 heterocycles. The Labute approximate surface area is 176 Å². The highest BCUT2D eigenvalue weighted by atomic mass is 32.1. The van der Waals surface area contributed by atoms with Gasteiger partial charge in [0, 0.05) is 15.5 Å². The molecule has 0 saturated carbocycles. The number of aromatic nitrogens is 1. The summed E-state index contributed by atoms with van der Waals surface area (Å²) in [4.78, 5) is 29.3. The molecule has 3 aromatic rings. The fraction of sp³-hybridized carbons (Fsp3) is 0.350. The van der Waals surface area contributed by atoms with Crippen LogP contribution in [-0.2, 0) is 16.0 Å². The van der Waals surface area contributed by atoms with E-state index in [4.69, 9.17) is 14.2 Å². The van der Waals surface area contributed by atoms with Crippen LogP contribution in [0.2, 0.25) is 0 Å². The molecule has 0 aliphatic rings. The van der Waals surface area contributed by atoms with Gasteiger partial charge in [0.05, 0.1) is 31.9 Å². The molecule has 0 aliphatic heterocycles. The van der Waals surface area contributed by atoms with Crippen molar-refractivity contribution in [3.63, 3.8) is 0 Å². The van der Waals surface area contributed by atoms with Crippen LogP contribution in [0.3, 0.4) is 0 Å². The lowest BCUT2D eigenvalue weighted by molar-refractivity contribution is -0.142. The summed E-state index contributed by atoms with van der Waals surface area (Å²) in [7, 11) is 1.60. The van der Waals surface area contributed by atoms with Crippen LogP contribution >= 0.6 is 22.7 Å². The molecule has 9 heteroatoms. The second-order valence-corrected chi connectivity index (χ2v) is 8.28. The van der Waals surface area contributed by atoms with E-state index in [1.54, 1.807) is 19.4 Å². The normalized spacial score (nSPS) is 10.9. The third kappa shape index (κ3) is 5.04. The lowest BCUT2D eigenvalue weighted by atomic mass is 10.2. The van der Waals surface area contributed by atoms with E-state index >= 15 is 0 Å². The third-order valence-corrected chi connectivity index (χ3v) is 5.77. The Bertz CT molecular complexity index is 1030. The van der Waals surface area contributed by atoms with Crippen LogP contribution in [0.1, 0.15) is 36.1 Å². The molecule has 7 nitrogen and oxygen atoms in total. The Morgan fingerprint density at radius 3 is 2.76 bits per heavy atom. The van der Waals surface area contributed by atoms with Gasteiger partial charge in [0.25, 0.3) is 5.91 Å². The maximum Gasteiger partial charge on any atom is 0.311 e. The number of nitrogens with zero attached hydrogens (tertiary/aromatic N) is 1. The van der Waals surface area contributed by atoms with Gasteiger partial charge < -0.3 is 14.2 Å². The first kappa shape index (κ1) is 21.1. The van der Waals surface area contributed by atoms with Crippen molar-refractivity contribution in [1.82, 2.24) is 4.98 Å². The Balaban J connectivity index is 1.85. The number of carbonyl (C=O) groups is 2. The molecule has 1 amide bonds. The summed E-state index contributed by atoms with van der Waals surface area (Å²) in [6.07, 6.45) is -0.0217. The standard InChI is InChI=1S/C20H22N2O5S2/c1-5-26-16(23)8-12-10-28-20(21-12)22-19(24)18-17(27-11(2)3)14-9-13(25-4)6-7-15(14)29-18/h6-7,9-11H,5,8H2,1-4H3,(H,21,22,24). The predicted octanol–water partition coefficient (Wildman–Crippen LogP) is 4.51. The number of benzene rings is 1. The molecular weight excluding hydrogens is 412 g/mol. The molecule has 0 saturated heterocycles. The second kappa shape index (κ2) is 9.23. The third-order valence-electron chi connectivity index (χ3n) is 3.81. The highest BCUT2D eigenvalue weighted by Crippen LogP contribution is 2.40. The highest BCUT2D eigenvalue weighted by molar-refractivity contribution is 7.21. The monoisotopic (exact) mass is 434 g/mol. The van der Waals surface area contributed by atoms with Gasteiger partial charge in [-0.3, -0.25) is 14.9 Å². The number of rotatable bonds is 8. The van der Waals surface area contributed by atoms with E-state index in [2.05, 4.69) is 10.3 Å². The van der Waals surface area contributed by atoms with Crippen molar-refractivity contribution in [2.45, 2.75) is 33.3 Å². The fourth-order valence-electron chi connectivity index (χ4n) is 2.64. The zero-order chi connectivity index (χ0) is 21.0. The first-order valence-corrected chi connectivity index (χ1v) is 10.8. The van der Waals surface area contributed by atoms with Crippen molar-refractivity contribution in [1.29, 1.82) is 0 Å². The Kier molecular flexibility index (Phi) is 6.71. The minimum atomic E-state index is -0.346. The van der Waals surface area contributed by atoms with E-state index in [9.17, 15) is 9.59 Å². The van der Waals surface area contributed by atoms with Gasteiger partial charge in [0.1, 0.15) is 10.6 Å². The topological polar surface area (TPSA) is 86.8 Å². The molecule has 154 valence electrons. The zero-order valence-electron chi connectivity index (χ0n) is 16.6. The van der Waals surface area contributed by atoms with Crippen LogP contribution in [0.4, 0.5) is 5.13 Å². The molecule has 29 heavy (non-hydrogen) atoms. The lowest BCUT2D eigenvalue weighted by Gasteiger charge is -2.11. The molecule has 0 atom stereocenters. The number of fused-ring (bicyclic) bond motifs is 1. The summed E-state index contributed by atoms with van der Waals surface area (Å²) >= 11 is 2.60. The maximum absolute atomic E-state index is 12.9. The van der Waals surface area contributed by atoms with E-state index in [0.717, 1.165) is 10.1 Å². The molecule has 1 N–H and O–H groups in total. The van der Waals surface area contributed by atoms with Gasteiger partial charge in [0.2, 0.25) is 0 Å². The molecule has 3 rings (SSSR count). The van der Waals surface area contributed by atoms with E-state index < -0.39 is 0 Å². The molecule has 0 fully saturated rings. The first-order valence-electron chi connectivity index (χ1n) is 9.09. The van der Waals surface area contributed by atoms with Crippen molar-refractivity contribution >= 4 is 49.8 Å². The minimum absolute atomic E-state index is 0.0740. The van der Waals surface area contributed by atoms with E-state index in [1.165, 1.54) is 22.7 Å². The number of thiophene rings is 1. The van der Waals surface area contributed by atoms with E-state index in [0.29, 0.717) is 33.8 Å². The molecule has 0 spiro atoms. The average Bonchev–Trinajstić information content (AvgIpc) is 3.25. The van der Waals surface area contributed by atoms with Crippen LogP contribution in [0.25, 0.3) is 10.1 Å². The van der Waals surface area contributed by atoms with Crippen LogP contribution in [0.15, 0.2) is 23.6 Å². The quantitative estimate of drug-likeness (QED) is 0.525. The van der Waals surface area contributed by atoms with E-state index in [1.807, 2.05) is 32.0 Å². The maximum atomic E-state index is 12.9. The van der Waals surface area contributed by atoms with Gasteiger partial charge in [-0.2, -0.15) is 0 Å². The van der Waals surface area contributed by atoms with Crippen molar-refractivity contribution in [3.8, 4) is 11.5 Å². The first-order chi connectivity index (χ1) is 13.9. The Morgan fingerprint density at radius 1 is 1.28 bits per heavy atom. The van der Waals surface area contributed by atoms with Gasteiger partial charge in [-0.1, -0.05) is 0 Å². The van der Waals surface area contributed by atoms with Gasteiger partial charge in [-0.15, -0.1) is 22.7 Å². The van der Waals surface area contributed by atoms with Crippen molar-refractivity contribution < 1.29 is 23.8 Å². The smallest absolute Gasteiger partial charge is 0.311 e. The number of ether oxygens (including phenoxy) is 3. The summed E-state index contributed by atoms with van der Waals surface area (Å²) in [6, 6.07) is 5.62. The largest absolute Gasteiger partial charge is 0.497 e. The molecular formula is C20H22N2O5S2. The lowest BCUT2D eigenvalue weighted by Crippen LogP contribution is -2.14. The number of esters is 1. The summed E-state index contributed by atoms with van der Waals surface area (Å²) in [5, 5.41) is 5.78. The number of nitrogens with one attached hydrogen (secondary N) is 1. The summed E-state index contributed by atoms with van der Waals surface area (Å²) in [6.45, 7) is 5.89. The SMILES string of the molecule is CCOC(=O)Cc1csc(NC(=O)c2sc3ccc(OC)cc3c2OC(C)C)n1. The van der Waals surface area contributed by atoms with Crippen LogP contribution in [-0.4, -0.2) is 36.7 Å². The number of hydrogen-bond acceptors (Lipinski definition) is 8. The molecule has 2 aromatic heterocycles. The minimum Gasteiger partial charge on any atom is -0.497 e. The van der Waals surface area contributed by atoms with Gasteiger partial charge >= 0.3 is 5.97 Å². The van der Waals surface area contributed by atoms with Crippen molar-refractivity contribution in [2.75, 3.05) is 19.0 Å². The number of methoxy groups -OCH3 is 1. The van der Waals surface area contributed by atoms with Gasteiger partial charge in [0.15, 0.2) is 10.9 Å². The number of amides is 1. The van der Waals surface area contributed by atoms with Crippen LogP contribution in [0.5, 0.6) is 11.5 Å². The second-order valence-electron chi connectivity index (χ2n) is 6.37. The van der Waals surface area contributed by atoms with Crippen molar-refractivity contribution in [3.05, 3.63) is 34.2 Å². The van der Waals surface area contributed by atoms with Gasteiger partial charge in [-0.05, 0) is 39.0 Å². The molecule has 1 aromatic carbocycles. The molecule has 0 radical (unpaired) electrons. The van der Waals surface area contributed by atoms with Crippen LogP contribution < -0.4 is 14.8 Å². The summed E-state index contributed by atoms with van der Waals surface area (Å²) < 4.78 is 17.1. The summed E-state index contributed by atoms with van der Waals surface area (Å²) in [5.41, 5.74) is 0.559. The Morgan fingerprint density at radius 2 is 2.07 bits per heavy atom. The average molecular weight is 435 g/mol. The fourth-order valence-corrected chi connectivity index (χ4v) is 4.36. The molecule has 0 unspecified atom stereocenters. The number of thiazole rings is 1. The number of hydrogen-bond donors (Lipinski definition) is 1. The highest BCUT2D eigenvalue weighted by Gasteiger charge is 2.22. The Hall–Kier alpha value is -2.65. The zero-order valence-corrected chi connectivity index (χ0v) is 18.2. The summed E-state index contributed by atoms with van der Waals surface area (Å²) in [5.74, 6) is 0.568. The van der Waals surface area contributed by atoms with Gasteiger partial charge in [-0.25, -0.2) is 4.98 Å². The molecule has 0 bridgehead atoms. The predicted molar refractivity (Wildman–Crippen MR) is 115 cm³/mol. The van der Waals surface area contributed by atoms with E-state index in [-0.39, 0.29) is 24.4 Å². The van der Waals surface area contributed by atoms with Crippen LogP contribution in [0, 0.1) is 0 Å². The number of anilines is 1. The van der Waals surface area contributed by atoms with Crippen molar-refractivity contribution in [2.24, 2.45) is 0 Å².